The summed E-state index contributed by atoms with van der Waals surface area (Å²) < 4.78 is 0. The van der Waals surface area contributed by atoms with Gasteiger partial charge >= 0.3 is 0 Å². The average molecular weight is 295 g/mol. The van der Waals surface area contributed by atoms with Crippen molar-refractivity contribution in [1.82, 2.24) is 0 Å². The largest absolute Gasteiger partial charge is 0.0795 e. The van der Waals surface area contributed by atoms with E-state index < -0.39 is 0 Å². The number of hydrogen-bond acceptors (Lipinski definition) is 0. The van der Waals surface area contributed by atoms with Crippen LogP contribution in [0.2, 0.25) is 0 Å². The van der Waals surface area contributed by atoms with Crippen LogP contribution >= 0.6 is 0 Å². The molecule has 0 atom stereocenters. The minimum Gasteiger partial charge on any atom is -0.0795 e. The van der Waals surface area contributed by atoms with Crippen molar-refractivity contribution >= 4 is 6.08 Å². The third kappa shape index (κ3) is 4.12. The Kier molecular flexibility index (Phi) is 5.74. The maximum absolute atomic E-state index is 2.20. The molecule has 82 valence electrons. The van der Waals surface area contributed by atoms with Gasteiger partial charge in [-0.25, -0.2) is 0 Å². The Balaban J connectivity index is 0.00000128. The van der Waals surface area contributed by atoms with Gasteiger partial charge in [0.15, 0.2) is 0 Å². The minimum atomic E-state index is 0. The van der Waals surface area contributed by atoms with Gasteiger partial charge < -0.3 is 0 Å². The fourth-order valence-electron chi connectivity index (χ4n) is 1.51. The van der Waals surface area contributed by atoms with Gasteiger partial charge in [0.25, 0.3) is 0 Å². The van der Waals surface area contributed by atoms with Crippen LogP contribution < -0.4 is 0 Å². The average Bonchev–Trinajstić information content (AvgIpc) is 2.32. The van der Waals surface area contributed by atoms with E-state index in [0.717, 1.165) is 6.42 Å². The van der Waals surface area contributed by atoms with E-state index in [1.807, 2.05) is 12.1 Å². The van der Waals surface area contributed by atoms with Crippen molar-refractivity contribution in [2.75, 3.05) is 0 Å². The van der Waals surface area contributed by atoms with Crippen LogP contribution in [0.25, 0.3) is 6.08 Å². The third-order valence-electron chi connectivity index (χ3n) is 2.31. The molecule has 0 nitrogen and oxygen atoms in total. The number of allylic oxidation sites excluding steroid dienone is 1. The molecule has 0 aliphatic carbocycles. The van der Waals surface area contributed by atoms with E-state index in [9.17, 15) is 0 Å². The Labute approximate surface area is 110 Å². The molecule has 0 saturated heterocycles. The normalized spacial score (nSPS) is 10.0. The molecule has 0 amide bonds. The Morgan fingerprint density at radius 1 is 0.750 bits per heavy atom. The first kappa shape index (κ1) is 12.9. The standard InChI is InChI=1S/C15H14.Ru/c1-3-8-14(9-4-1)12-7-13-15-10-5-2-6-11-15;/h1-12H,13H2;/b12-7+;. The molecular weight excluding hydrogens is 281 g/mol. The quantitative estimate of drug-likeness (QED) is 0.752. The van der Waals surface area contributed by atoms with Gasteiger partial charge in [-0.15, -0.1) is 0 Å². The fraction of sp³-hybridized carbons (Fsp3) is 0.0667. The van der Waals surface area contributed by atoms with Gasteiger partial charge in [0.1, 0.15) is 0 Å². The van der Waals surface area contributed by atoms with Crippen LogP contribution in [0, 0.1) is 0 Å². The molecule has 0 spiro atoms. The van der Waals surface area contributed by atoms with Gasteiger partial charge in [0.2, 0.25) is 0 Å². The summed E-state index contributed by atoms with van der Waals surface area (Å²) in [5.41, 5.74) is 2.61. The maximum Gasteiger partial charge on any atom is 0 e. The Hall–Kier alpha value is -1.20. The van der Waals surface area contributed by atoms with E-state index in [-0.39, 0.29) is 19.5 Å². The Bertz CT molecular complexity index is 418. The first-order valence-corrected chi connectivity index (χ1v) is 5.21. The summed E-state index contributed by atoms with van der Waals surface area (Å²) >= 11 is 0. The SMILES string of the molecule is C(=C\c1ccccc1)/Cc1ccccc1.[Ru]. The molecule has 2 rings (SSSR count). The number of benzene rings is 2. The minimum absolute atomic E-state index is 0. The molecule has 0 bridgehead atoms. The third-order valence-corrected chi connectivity index (χ3v) is 2.31. The van der Waals surface area contributed by atoms with Crippen molar-refractivity contribution in [2.45, 2.75) is 6.42 Å². The Morgan fingerprint density at radius 2 is 1.31 bits per heavy atom. The first-order valence-electron chi connectivity index (χ1n) is 5.21. The van der Waals surface area contributed by atoms with Gasteiger partial charge in [0, 0.05) is 19.5 Å². The van der Waals surface area contributed by atoms with Gasteiger partial charge in [-0.1, -0.05) is 72.8 Å². The second-order valence-corrected chi connectivity index (χ2v) is 3.50. The van der Waals surface area contributed by atoms with Crippen molar-refractivity contribution in [2.24, 2.45) is 0 Å². The van der Waals surface area contributed by atoms with Crippen LogP contribution in [0.5, 0.6) is 0 Å². The zero-order valence-corrected chi connectivity index (χ0v) is 10.7. The molecule has 0 aliphatic heterocycles. The van der Waals surface area contributed by atoms with Crippen molar-refractivity contribution in [3.8, 4) is 0 Å². The van der Waals surface area contributed by atoms with Gasteiger partial charge in [0.05, 0.1) is 0 Å². The summed E-state index contributed by atoms with van der Waals surface area (Å²) in [5, 5.41) is 0. The topological polar surface area (TPSA) is 0 Å². The van der Waals surface area contributed by atoms with Gasteiger partial charge in [-0.2, -0.15) is 0 Å². The predicted octanol–water partition coefficient (Wildman–Crippen LogP) is 3.94. The summed E-state index contributed by atoms with van der Waals surface area (Å²) in [4.78, 5) is 0. The van der Waals surface area contributed by atoms with Crippen molar-refractivity contribution in [3.63, 3.8) is 0 Å². The first-order chi connectivity index (χ1) is 7.45. The monoisotopic (exact) mass is 296 g/mol. The molecule has 2 aromatic carbocycles. The van der Waals surface area contributed by atoms with Crippen LogP contribution in [0.15, 0.2) is 66.7 Å². The number of hydrogen-bond donors (Lipinski definition) is 0. The molecular formula is C15H14Ru. The maximum atomic E-state index is 2.20. The summed E-state index contributed by atoms with van der Waals surface area (Å²) in [7, 11) is 0. The molecule has 2 aromatic rings. The molecule has 0 aromatic heterocycles. The molecule has 1 heteroatoms. The number of rotatable bonds is 3. The summed E-state index contributed by atoms with van der Waals surface area (Å²) in [6.45, 7) is 0. The molecule has 0 fully saturated rings. The van der Waals surface area contributed by atoms with Crippen LogP contribution in [0.3, 0.4) is 0 Å². The molecule has 0 saturated carbocycles. The molecule has 0 radical (unpaired) electrons. The van der Waals surface area contributed by atoms with Crippen molar-refractivity contribution in [3.05, 3.63) is 77.9 Å². The van der Waals surface area contributed by atoms with E-state index in [1.165, 1.54) is 11.1 Å². The zero-order valence-electron chi connectivity index (χ0n) is 8.99. The predicted molar refractivity (Wildman–Crippen MR) is 65.6 cm³/mol. The van der Waals surface area contributed by atoms with Crippen molar-refractivity contribution < 1.29 is 19.5 Å². The molecule has 0 unspecified atom stereocenters. The van der Waals surface area contributed by atoms with Crippen LogP contribution in [0.1, 0.15) is 11.1 Å². The fourth-order valence-corrected chi connectivity index (χ4v) is 1.51. The summed E-state index contributed by atoms with van der Waals surface area (Å²) in [6, 6.07) is 20.9. The van der Waals surface area contributed by atoms with E-state index in [1.54, 1.807) is 0 Å². The van der Waals surface area contributed by atoms with E-state index in [0.29, 0.717) is 0 Å². The Morgan fingerprint density at radius 3 is 1.94 bits per heavy atom. The second-order valence-electron chi connectivity index (χ2n) is 3.50. The summed E-state index contributed by atoms with van der Waals surface area (Å²) in [5.74, 6) is 0. The van der Waals surface area contributed by atoms with E-state index >= 15 is 0 Å². The summed E-state index contributed by atoms with van der Waals surface area (Å²) in [6.07, 6.45) is 5.35. The van der Waals surface area contributed by atoms with Crippen molar-refractivity contribution in [1.29, 1.82) is 0 Å². The van der Waals surface area contributed by atoms with Gasteiger partial charge in [-0.05, 0) is 17.5 Å². The van der Waals surface area contributed by atoms with Gasteiger partial charge in [-0.3, -0.25) is 0 Å². The van der Waals surface area contributed by atoms with E-state index in [4.69, 9.17) is 0 Å². The second kappa shape index (κ2) is 7.14. The van der Waals surface area contributed by atoms with Crippen LogP contribution in [-0.4, -0.2) is 0 Å². The van der Waals surface area contributed by atoms with E-state index in [2.05, 4.69) is 60.7 Å². The molecule has 16 heavy (non-hydrogen) atoms. The molecule has 0 heterocycles. The zero-order chi connectivity index (χ0) is 10.3. The smallest absolute Gasteiger partial charge is 0 e. The molecule has 0 aliphatic rings. The van der Waals surface area contributed by atoms with Crippen LogP contribution in [0.4, 0.5) is 0 Å². The van der Waals surface area contributed by atoms with Crippen LogP contribution in [-0.2, 0) is 25.9 Å². The molecule has 0 N–H and O–H groups in total.